The number of thiophene rings is 1. The first-order valence-corrected chi connectivity index (χ1v) is 16.8. The fraction of sp³-hybridized carbons (Fsp3) is 0.414. The summed E-state index contributed by atoms with van der Waals surface area (Å²) in [7, 11) is -3.04. The molecule has 1 aliphatic rings. The lowest BCUT2D eigenvalue weighted by molar-refractivity contribution is -0.143. The Morgan fingerprint density at radius 3 is 2.21 bits per heavy atom. The highest BCUT2D eigenvalue weighted by atomic mass is 35.5. The lowest BCUT2D eigenvalue weighted by Gasteiger charge is -2.39. The maximum atomic E-state index is 13.6. The molecule has 1 saturated heterocycles. The number of likely N-dealkylation sites (N-methyl/N-ethyl adjacent to an activating group) is 1. The zero-order chi connectivity index (χ0) is 31.5. The minimum Gasteiger partial charge on any atom is -0.394 e. The molecule has 1 fully saturated rings. The minimum atomic E-state index is -4.24. The molecule has 0 saturated carbocycles. The summed E-state index contributed by atoms with van der Waals surface area (Å²) < 4.78 is 28.2. The van der Waals surface area contributed by atoms with Crippen LogP contribution in [0.25, 0.3) is 10.1 Å². The van der Waals surface area contributed by atoms with E-state index in [2.05, 4.69) is 5.32 Å². The zero-order valence-corrected chi connectivity index (χ0v) is 27.1. The second-order valence-electron chi connectivity index (χ2n) is 10.7. The number of piperazine rings is 1. The van der Waals surface area contributed by atoms with Crippen LogP contribution in [0.5, 0.6) is 0 Å². The van der Waals surface area contributed by atoms with Gasteiger partial charge in [0.15, 0.2) is 0 Å². The maximum Gasteiger partial charge on any atom is 0.262 e. The Kier molecular flexibility index (Phi) is 10.7. The van der Waals surface area contributed by atoms with Crippen LogP contribution in [0.15, 0.2) is 53.4 Å². The average Bonchev–Trinajstić information content (AvgIpc) is 3.41. The van der Waals surface area contributed by atoms with Crippen molar-refractivity contribution in [3.8, 4) is 0 Å². The monoisotopic (exact) mass is 668 g/mol. The van der Waals surface area contributed by atoms with Crippen molar-refractivity contribution in [1.82, 2.24) is 19.4 Å². The van der Waals surface area contributed by atoms with Crippen molar-refractivity contribution >= 4 is 72.4 Å². The average molecular weight is 670 g/mol. The number of aliphatic hydroxyl groups excluding tert-OH is 1. The van der Waals surface area contributed by atoms with E-state index in [0.717, 1.165) is 14.4 Å². The molecule has 0 bridgehead atoms. The van der Waals surface area contributed by atoms with Crippen LogP contribution in [0.2, 0.25) is 10.0 Å². The van der Waals surface area contributed by atoms with E-state index >= 15 is 0 Å². The number of benzene rings is 2. The Morgan fingerprint density at radius 1 is 1.00 bits per heavy atom. The molecular formula is C29H34Cl2N4O6S2. The topological polar surface area (TPSA) is 127 Å². The third-order valence-electron chi connectivity index (χ3n) is 7.31. The van der Waals surface area contributed by atoms with E-state index in [1.54, 1.807) is 4.90 Å². The van der Waals surface area contributed by atoms with Gasteiger partial charge in [-0.2, -0.15) is 4.31 Å². The largest absolute Gasteiger partial charge is 0.394 e. The summed E-state index contributed by atoms with van der Waals surface area (Å²) >= 11 is 13.4. The molecular weight excluding hydrogens is 635 g/mol. The molecule has 232 valence electrons. The van der Waals surface area contributed by atoms with Gasteiger partial charge in [0, 0.05) is 42.9 Å². The lowest BCUT2D eigenvalue weighted by atomic mass is 10.0. The van der Waals surface area contributed by atoms with Crippen LogP contribution >= 0.6 is 34.5 Å². The Morgan fingerprint density at radius 2 is 1.63 bits per heavy atom. The Balaban J connectivity index is 1.41. The molecule has 2 aromatic carbocycles. The molecule has 0 aliphatic carbocycles. The molecule has 3 aromatic rings. The van der Waals surface area contributed by atoms with Gasteiger partial charge in [-0.05, 0) is 48.1 Å². The Bertz CT molecular complexity index is 1570. The summed E-state index contributed by atoms with van der Waals surface area (Å²) in [5.74, 6) is -1.02. The highest BCUT2D eigenvalue weighted by molar-refractivity contribution is 7.89. The number of sulfonamides is 1. The van der Waals surface area contributed by atoms with Gasteiger partial charge in [0.2, 0.25) is 21.8 Å². The smallest absolute Gasteiger partial charge is 0.262 e. The molecule has 1 aromatic heterocycles. The molecule has 10 nitrogen and oxygen atoms in total. The number of nitrogens with one attached hydrogen (secondary N) is 1. The molecule has 2 atom stereocenters. The summed E-state index contributed by atoms with van der Waals surface area (Å²) in [6.07, 6.45) is 0.442. The van der Waals surface area contributed by atoms with Crippen molar-refractivity contribution in [2.75, 3.05) is 39.8 Å². The third kappa shape index (κ3) is 7.50. The molecule has 4 rings (SSSR count). The number of halogens is 2. The lowest BCUT2D eigenvalue weighted by Crippen LogP contribution is -2.59. The van der Waals surface area contributed by atoms with E-state index in [9.17, 15) is 27.9 Å². The van der Waals surface area contributed by atoms with Gasteiger partial charge < -0.3 is 20.2 Å². The number of hydrogen-bond donors (Lipinski definition) is 2. The van der Waals surface area contributed by atoms with Crippen LogP contribution in [-0.4, -0.2) is 97.3 Å². The second-order valence-corrected chi connectivity index (χ2v) is 14.6. The van der Waals surface area contributed by atoms with Crippen LogP contribution in [0.4, 0.5) is 0 Å². The van der Waals surface area contributed by atoms with Crippen LogP contribution in [-0.2, 0) is 19.6 Å². The standard InChI is InChI=1S/C29H34Cl2N4O6S2/c1-18(2)14-22(32-27(37)25-15-19-6-4-5-7-24(19)42-25)28(38)34-10-12-35(13-11-34)29(39)23(17-36)33(3)43(40,41)26-9-8-20(30)16-21(26)31/h4-9,15-16,18,22-23,36H,10-14,17H2,1-3H3,(H,32,37)/t22-,23-/m0/s1. The maximum absolute atomic E-state index is 13.6. The van der Waals surface area contributed by atoms with Crippen molar-refractivity contribution in [3.63, 3.8) is 0 Å². The summed E-state index contributed by atoms with van der Waals surface area (Å²) in [4.78, 5) is 43.3. The predicted octanol–water partition coefficient (Wildman–Crippen LogP) is 3.71. The molecule has 0 unspecified atom stereocenters. The quantitative estimate of drug-likeness (QED) is 0.339. The summed E-state index contributed by atoms with van der Waals surface area (Å²) in [6.45, 7) is 3.84. The van der Waals surface area contributed by atoms with Crippen LogP contribution in [0.1, 0.15) is 29.9 Å². The fourth-order valence-electron chi connectivity index (χ4n) is 4.95. The minimum absolute atomic E-state index is 0.106. The van der Waals surface area contributed by atoms with E-state index in [0.29, 0.717) is 11.3 Å². The molecule has 3 amide bonds. The van der Waals surface area contributed by atoms with Gasteiger partial charge in [-0.1, -0.05) is 55.2 Å². The first kappa shape index (κ1) is 33.2. The predicted molar refractivity (Wildman–Crippen MR) is 168 cm³/mol. The van der Waals surface area contributed by atoms with Gasteiger partial charge in [0.1, 0.15) is 17.0 Å². The third-order valence-corrected chi connectivity index (χ3v) is 11.0. The van der Waals surface area contributed by atoms with Gasteiger partial charge in [-0.15, -0.1) is 11.3 Å². The molecule has 1 aliphatic heterocycles. The van der Waals surface area contributed by atoms with Crippen molar-refractivity contribution in [3.05, 3.63) is 63.5 Å². The fourth-order valence-corrected chi connectivity index (χ4v) is 7.96. The normalized spacial score (nSPS) is 15.6. The van der Waals surface area contributed by atoms with Gasteiger partial charge in [0.25, 0.3) is 5.91 Å². The van der Waals surface area contributed by atoms with Crippen molar-refractivity contribution < 1.29 is 27.9 Å². The highest BCUT2D eigenvalue weighted by Gasteiger charge is 2.38. The number of rotatable bonds is 10. The van der Waals surface area contributed by atoms with Crippen molar-refractivity contribution in [1.29, 1.82) is 0 Å². The number of carbonyl (C=O) groups is 3. The van der Waals surface area contributed by atoms with Crippen LogP contribution in [0.3, 0.4) is 0 Å². The number of nitrogens with zero attached hydrogens (tertiary/aromatic N) is 3. The SMILES string of the molecule is CC(C)C[C@H](NC(=O)c1cc2ccccc2s1)C(=O)N1CCN(C(=O)[C@H](CO)N(C)S(=O)(=O)c2ccc(Cl)cc2Cl)CC1. The van der Waals surface area contributed by atoms with E-state index in [4.69, 9.17) is 23.2 Å². The van der Waals surface area contributed by atoms with Crippen LogP contribution in [0, 0.1) is 5.92 Å². The Hall–Kier alpha value is -2.74. The van der Waals surface area contributed by atoms with Gasteiger partial charge in [0.05, 0.1) is 16.5 Å². The van der Waals surface area contributed by atoms with Crippen molar-refractivity contribution in [2.24, 2.45) is 5.92 Å². The first-order chi connectivity index (χ1) is 20.3. The number of amides is 3. The molecule has 0 spiro atoms. The van der Waals surface area contributed by atoms with Crippen LogP contribution < -0.4 is 5.32 Å². The number of carbonyl (C=O) groups excluding carboxylic acids is 3. The summed E-state index contributed by atoms with van der Waals surface area (Å²) in [5.41, 5.74) is 0. The molecule has 2 N–H and O–H groups in total. The molecule has 0 radical (unpaired) electrons. The van der Waals surface area contributed by atoms with Crippen molar-refractivity contribution in [2.45, 2.75) is 37.2 Å². The van der Waals surface area contributed by atoms with E-state index in [1.807, 2.05) is 44.2 Å². The van der Waals surface area contributed by atoms with Gasteiger partial charge in [-0.3, -0.25) is 14.4 Å². The highest BCUT2D eigenvalue weighted by Crippen LogP contribution is 2.29. The summed E-state index contributed by atoms with van der Waals surface area (Å²) in [5, 5.41) is 14.1. The number of fused-ring (bicyclic) bond motifs is 1. The molecule has 14 heteroatoms. The van der Waals surface area contributed by atoms with Gasteiger partial charge >= 0.3 is 0 Å². The number of hydrogen-bond acceptors (Lipinski definition) is 7. The number of aliphatic hydroxyl groups is 1. The Labute approximate surface area is 265 Å². The second kappa shape index (κ2) is 13.9. The van der Waals surface area contributed by atoms with Gasteiger partial charge in [-0.25, -0.2) is 8.42 Å². The molecule has 43 heavy (non-hydrogen) atoms. The first-order valence-electron chi connectivity index (χ1n) is 13.7. The van der Waals surface area contributed by atoms with E-state index < -0.39 is 34.6 Å². The summed E-state index contributed by atoms with van der Waals surface area (Å²) in [6, 6.07) is 11.3. The zero-order valence-electron chi connectivity index (χ0n) is 24.0. The van der Waals surface area contributed by atoms with E-state index in [-0.39, 0.29) is 58.9 Å². The molecule has 2 heterocycles. The van der Waals surface area contributed by atoms with E-state index in [1.165, 1.54) is 41.5 Å².